The lowest BCUT2D eigenvalue weighted by atomic mass is 10.1. The maximum atomic E-state index is 12.6. The van der Waals surface area contributed by atoms with E-state index in [2.05, 4.69) is 91.3 Å². The van der Waals surface area contributed by atoms with Gasteiger partial charge in [0.2, 0.25) is 0 Å². The molecule has 2 unspecified atom stereocenters. The Hall–Kier alpha value is -3.86. The van der Waals surface area contributed by atoms with Crippen molar-refractivity contribution < 1.29 is 47.5 Å². The average Bonchev–Trinajstić information content (AvgIpc) is 3.21. The minimum Gasteiger partial charge on any atom is -0.480 e. The number of carbonyl (C=O) groups excluding carboxylic acids is 2. The summed E-state index contributed by atoms with van der Waals surface area (Å²) in [5, 5.41) is 8.88. The van der Waals surface area contributed by atoms with Gasteiger partial charge in [-0.15, -0.1) is 0 Å². The van der Waals surface area contributed by atoms with Crippen LogP contribution in [0.3, 0.4) is 0 Å². The SMILES string of the molecule is CC/C=C/C=C/C=C/C=C/CCCCCC(=O)OC(COC(=O)CCCCCCCC/C=C/C/C=C/C/C=C/C/C=C/C/C=C/CC)COP(=O)(O)OC[C@@H](N)C(=O)O. The molecule has 0 heterocycles. The average molecular weight is 844 g/mol. The van der Waals surface area contributed by atoms with Crippen LogP contribution in [0.5, 0.6) is 0 Å². The number of nitrogens with two attached hydrogens (primary N) is 1. The molecule has 4 N–H and O–H groups in total. The second-order valence-corrected chi connectivity index (χ2v) is 15.3. The van der Waals surface area contributed by atoms with Crippen LogP contribution in [-0.2, 0) is 37.5 Å². The molecular weight excluding hydrogens is 769 g/mol. The lowest BCUT2D eigenvalue weighted by Crippen LogP contribution is -2.34. The van der Waals surface area contributed by atoms with Gasteiger partial charge in [0.25, 0.3) is 0 Å². The Balaban J connectivity index is 4.42. The van der Waals surface area contributed by atoms with Crippen LogP contribution < -0.4 is 5.73 Å². The molecule has 0 rings (SSSR count). The number of esters is 2. The Morgan fingerprint density at radius 1 is 0.542 bits per heavy atom. The fourth-order valence-corrected chi connectivity index (χ4v) is 5.82. The minimum atomic E-state index is -4.74. The third-order valence-electron chi connectivity index (χ3n) is 8.36. The van der Waals surface area contributed by atoms with Gasteiger partial charge in [-0.1, -0.05) is 155 Å². The van der Waals surface area contributed by atoms with Crippen LogP contribution in [0.4, 0.5) is 0 Å². The van der Waals surface area contributed by atoms with E-state index in [4.69, 9.17) is 24.8 Å². The zero-order valence-electron chi connectivity index (χ0n) is 35.8. The van der Waals surface area contributed by atoms with Crippen LogP contribution in [0.15, 0.2) is 109 Å². The second kappa shape index (κ2) is 40.9. The van der Waals surface area contributed by atoms with Crippen LogP contribution in [-0.4, -0.2) is 59.9 Å². The van der Waals surface area contributed by atoms with Gasteiger partial charge in [-0.2, -0.15) is 0 Å². The van der Waals surface area contributed by atoms with E-state index in [-0.39, 0.29) is 19.4 Å². The van der Waals surface area contributed by atoms with Gasteiger partial charge in [0.1, 0.15) is 12.6 Å². The van der Waals surface area contributed by atoms with Crippen molar-refractivity contribution in [3.63, 3.8) is 0 Å². The van der Waals surface area contributed by atoms with Gasteiger partial charge in [0, 0.05) is 12.8 Å². The first-order chi connectivity index (χ1) is 28.6. The normalized spacial score (nSPS) is 14.8. The fraction of sp³-hybridized carbons (Fsp3) is 0.553. The van der Waals surface area contributed by atoms with Crippen molar-refractivity contribution in [1.82, 2.24) is 0 Å². The highest BCUT2D eigenvalue weighted by Crippen LogP contribution is 2.43. The molecule has 0 aromatic rings. The molecule has 0 aliphatic heterocycles. The number of hydrogen-bond donors (Lipinski definition) is 3. The summed E-state index contributed by atoms with van der Waals surface area (Å²) in [5.41, 5.74) is 5.32. The largest absolute Gasteiger partial charge is 0.480 e. The van der Waals surface area contributed by atoms with Crippen molar-refractivity contribution in [1.29, 1.82) is 0 Å². The molecule has 12 heteroatoms. The summed E-state index contributed by atoms with van der Waals surface area (Å²) >= 11 is 0. The third kappa shape index (κ3) is 40.7. The molecule has 0 radical (unpaired) electrons. The van der Waals surface area contributed by atoms with E-state index in [1.54, 1.807) is 0 Å². The van der Waals surface area contributed by atoms with Gasteiger partial charge in [0.15, 0.2) is 6.10 Å². The predicted molar refractivity (Wildman–Crippen MR) is 240 cm³/mol. The van der Waals surface area contributed by atoms with E-state index >= 15 is 0 Å². The maximum absolute atomic E-state index is 12.6. The molecule has 3 atom stereocenters. The van der Waals surface area contributed by atoms with Crippen LogP contribution in [0.2, 0.25) is 0 Å². The number of carboxylic acids is 1. The van der Waals surface area contributed by atoms with E-state index < -0.39 is 51.1 Å². The number of carboxylic acid groups (broad SMARTS) is 1. The Labute approximate surface area is 355 Å². The molecule has 0 aliphatic carbocycles. The van der Waals surface area contributed by atoms with Crippen molar-refractivity contribution in [3.05, 3.63) is 109 Å². The molecule has 0 saturated heterocycles. The fourth-order valence-electron chi connectivity index (χ4n) is 5.04. The van der Waals surface area contributed by atoms with Crippen molar-refractivity contribution in [3.8, 4) is 0 Å². The van der Waals surface area contributed by atoms with Gasteiger partial charge in [-0.3, -0.25) is 23.4 Å². The highest BCUT2D eigenvalue weighted by Gasteiger charge is 2.28. The number of phosphoric acid groups is 1. The zero-order valence-corrected chi connectivity index (χ0v) is 36.7. The van der Waals surface area contributed by atoms with Crippen molar-refractivity contribution >= 4 is 25.7 Å². The first-order valence-corrected chi connectivity index (χ1v) is 23.0. The third-order valence-corrected chi connectivity index (χ3v) is 9.31. The number of carbonyl (C=O) groups is 3. The highest BCUT2D eigenvalue weighted by atomic mass is 31.2. The van der Waals surface area contributed by atoms with E-state index in [1.165, 1.54) is 0 Å². The lowest BCUT2D eigenvalue weighted by molar-refractivity contribution is -0.161. The smallest absolute Gasteiger partial charge is 0.472 e. The minimum absolute atomic E-state index is 0.104. The van der Waals surface area contributed by atoms with Gasteiger partial charge < -0.3 is 25.2 Å². The van der Waals surface area contributed by atoms with E-state index in [0.29, 0.717) is 12.8 Å². The molecule has 0 aliphatic rings. The standard InChI is InChI=1S/C47H74NO10P/c1-3-5-7-9-11-13-15-17-18-19-20-21-22-23-24-25-27-28-30-32-34-36-38-45(49)55-40-43(41-56-59(53,54)57-42-44(48)47(51)52)58-46(50)39-37-35-33-31-29-26-16-14-12-10-8-6-4-2/h5-8,10-14,16-18,20-21,23-24,26,29,43-44H,3-4,9,15,19,22,25,27-28,30-42,48H2,1-2H3,(H,51,52)(H,53,54)/b7-5+,8-6+,12-10+,13-11+,16-14+,18-17+,21-20+,24-23+,29-26+/t43?,44-/m1/s1. The number of unbranched alkanes of at least 4 members (excludes halogenated alkanes) is 9. The van der Waals surface area contributed by atoms with Crippen molar-refractivity contribution in [2.24, 2.45) is 5.73 Å². The second-order valence-electron chi connectivity index (χ2n) is 13.8. The van der Waals surface area contributed by atoms with Crippen LogP contribution in [0, 0.1) is 0 Å². The predicted octanol–water partition coefficient (Wildman–Crippen LogP) is 11.4. The molecule has 0 fully saturated rings. The van der Waals surface area contributed by atoms with Crippen molar-refractivity contribution in [2.75, 3.05) is 19.8 Å². The molecule has 0 saturated carbocycles. The van der Waals surface area contributed by atoms with Gasteiger partial charge >= 0.3 is 25.7 Å². The quantitative estimate of drug-likeness (QED) is 0.0178. The van der Waals surface area contributed by atoms with Crippen LogP contribution in [0.25, 0.3) is 0 Å². The summed E-state index contributed by atoms with van der Waals surface area (Å²) in [5.74, 6) is -2.47. The number of hydrogen-bond acceptors (Lipinski definition) is 9. The number of ether oxygens (including phenoxy) is 2. The van der Waals surface area contributed by atoms with Crippen molar-refractivity contribution in [2.45, 2.75) is 148 Å². The van der Waals surface area contributed by atoms with Crippen LogP contribution in [0.1, 0.15) is 136 Å². The van der Waals surface area contributed by atoms with Gasteiger partial charge in [-0.05, 0) is 77.0 Å². The first-order valence-electron chi connectivity index (χ1n) is 21.5. The number of aliphatic carboxylic acids is 1. The molecule has 0 bridgehead atoms. The monoisotopic (exact) mass is 844 g/mol. The highest BCUT2D eigenvalue weighted by molar-refractivity contribution is 7.47. The van der Waals surface area contributed by atoms with E-state index in [9.17, 15) is 23.8 Å². The number of rotatable bonds is 38. The zero-order chi connectivity index (χ0) is 43.5. The van der Waals surface area contributed by atoms with E-state index in [0.717, 1.165) is 96.3 Å². The number of phosphoric ester groups is 1. The van der Waals surface area contributed by atoms with E-state index in [1.807, 2.05) is 36.5 Å². The molecule has 0 amide bonds. The molecule has 0 aromatic heterocycles. The topological polar surface area (TPSA) is 172 Å². The summed E-state index contributed by atoms with van der Waals surface area (Å²) in [6.07, 6.45) is 53.0. The molecular formula is C47H74NO10P. The Morgan fingerprint density at radius 2 is 0.983 bits per heavy atom. The maximum Gasteiger partial charge on any atom is 0.472 e. The van der Waals surface area contributed by atoms with Gasteiger partial charge in [0.05, 0.1) is 13.2 Å². The molecule has 59 heavy (non-hydrogen) atoms. The Morgan fingerprint density at radius 3 is 1.56 bits per heavy atom. The van der Waals surface area contributed by atoms with Gasteiger partial charge in [-0.25, -0.2) is 4.57 Å². The molecule has 0 spiro atoms. The summed E-state index contributed by atoms with van der Waals surface area (Å²) in [7, 11) is -4.74. The summed E-state index contributed by atoms with van der Waals surface area (Å²) in [6.45, 7) is 2.46. The first kappa shape index (κ1) is 55.1. The Kier molecular flexibility index (Phi) is 38.2. The summed E-state index contributed by atoms with van der Waals surface area (Å²) in [6, 6.07) is -1.54. The molecule has 11 nitrogen and oxygen atoms in total. The summed E-state index contributed by atoms with van der Waals surface area (Å²) < 4.78 is 32.6. The molecule has 0 aromatic carbocycles. The number of allylic oxidation sites excluding steroid dienone is 18. The van der Waals surface area contributed by atoms with Crippen LogP contribution >= 0.6 is 7.82 Å². The Bertz CT molecular complexity index is 1410. The molecule has 332 valence electrons. The summed E-state index contributed by atoms with van der Waals surface area (Å²) in [4.78, 5) is 45.9. The lowest BCUT2D eigenvalue weighted by Gasteiger charge is -2.20.